The van der Waals surface area contributed by atoms with Crippen LogP contribution >= 0.6 is 0 Å². The smallest absolute Gasteiger partial charge is 0.240 e. The molecule has 0 aromatic heterocycles. The van der Waals surface area contributed by atoms with E-state index >= 15 is 0 Å². The molecule has 108 valence electrons. The first-order valence-electron chi connectivity index (χ1n) is 7.09. The molecule has 0 radical (unpaired) electrons. The maximum absolute atomic E-state index is 12.6. The fraction of sp³-hybridized carbons (Fsp3) is 0.533. The van der Waals surface area contributed by atoms with Crippen molar-refractivity contribution in [1.29, 1.82) is 0 Å². The molecule has 2 atom stereocenters. The van der Waals surface area contributed by atoms with Gasteiger partial charge >= 0.3 is 0 Å². The maximum Gasteiger partial charge on any atom is 0.240 e. The lowest BCUT2D eigenvalue weighted by Gasteiger charge is -2.38. The number of benzene rings is 1. The van der Waals surface area contributed by atoms with Crippen molar-refractivity contribution < 1.29 is 14.6 Å². The predicted molar refractivity (Wildman–Crippen MR) is 74.2 cm³/mol. The molecule has 2 heterocycles. The molecule has 0 aliphatic carbocycles. The van der Waals surface area contributed by atoms with Crippen LogP contribution in [-0.4, -0.2) is 54.4 Å². The molecule has 1 amide bonds. The zero-order chi connectivity index (χ0) is 13.9. The molecule has 2 N–H and O–H groups in total. The van der Waals surface area contributed by atoms with E-state index in [2.05, 4.69) is 17.4 Å². The van der Waals surface area contributed by atoms with Gasteiger partial charge in [0.05, 0.1) is 31.9 Å². The van der Waals surface area contributed by atoms with Gasteiger partial charge in [0.2, 0.25) is 5.91 Å². The van der Waals surface area contributed by atoms with Crippen LogP contribution in [-0.2, 0) is 22.5 Å². The summed E-state index contributed by atoms with van der Waals surface area (Å²) in [6.07, 6.45) is 0.713. The summed E-state index contributed by atoms with van der Waals surface area (Å²) in [6, 6.07) is 7.80. The van der Waals surface area contributed by atoms with E-state index in [1.54, 1.807) is 4.90 Å². The molecule has 1 unspecified atom stereocenters. The first-order valence-corrected chi connectivity index (χ1v) is 7.09. The van der Waals surface area contributed by atoms with E-state index in [0.29, 0.717) is 26.2 Å². The molecule has 2 aliphatic rings. The van der Waals surface area contributed by atoms with Crippen LogP contribution in [0.4, 0.5) is 0 Å². The van der Waals surface area contributed by atoms with Gasteiger partial charge in [0.1, 0.15) is 0 Å². The van der Waals surface area contributed by atoms with Crippen LogP contribution in [0.3, 0.4) is 0 Å². The summed E-state index contributed by atoms with van der Waals surface area (Å²) in [5.41, 5.74) is 2.50. The Hall–Kier alpha value is -1.43. The highest BCUT2D eigenvalue weighted by Crippen LogP contribution is 2.19. The zero-order valence-corrected chi connectivity index (χ0v) is 11.4. The summed E-state index contributed by atoms with van der Waals surface area (Å²) < 4.78 is 5.32. The summed E-state index contributed by atoms with van der Waals surface area (Å²) in [7, 11) is 0. The van der Waals surface area contributed by atoms with E-state index in [0.717, 1.165) is 6.54 Å². The molecule has 3 rings (SSSR count). The second-order valence-corrected chi connectivity index (χ2v) is 5.35. The number of carbonyl (C=O) groups excluding carboxylic acids is 1. The van der Waals surface area contributed by atoms with Crippen LogP contribution in [0.5, 0.6) is 0 Å². The minimum absolute atomic E-state index is 0.0466. The van der Waals surface area contributed by atoms with Crippen LogP contribution in [0.25, 0.3) is 0 Å². The summed E-state index contributed by atoms with van der Waals surface area (Å²) in [6.45, 7) is 2.21. The zero-order valence-electron chi connectivity index (χ0n) is 11.4. The highest BCUT2D eigenvalue weighted by Gasteiger charge is 2.33. The first-order chi connectivity index (χ1) is 9.79. The second kappa shape index (κ2) is 5.91. The number of hydrogen-bond donors (Lipinski definition) is 2. The first kappa shape index (κ1) is 13.5. The number of aliphatic hydroxyl groups is 1. The minimum atomic E-state index is -0.213. The average molecular weight is 276 g/mol. The quantitative estimate of drug-likeness (QED) is 0.793. The normalized spacial score (nSPS) is 26.1. The number of carbonyl (C=O) groups is 1. The van der Waals surface area contributed by atoms with Gasteiger partial charge in [-0.2, -0.15) is 0 Å². The van der Waals surface area contributed by atoms with E-state index in [-0.39, 0.29) is 24.6 Å². The van der Waals surface area contributed by atoms with Gasteiger partial charge in [-0.1, -0.05) is 24.3 Å². The lowest BCUT2D eigenvalue weighted by atomic mass is 9.95. The number of morpholine rings is 1. The van der Waals surface area contributed by atoms with Crippen LogP contribution in [0, 0.1) is 0 Å². The molecule has 1 aromatic rings. The lowest BCUT2D eigenvalue weighted by Crippen LogP contribution is -2.57. The molecule has 0 saturated carbocycles. The SMILES string of the molecule is O=C([C@@H]1Cc2ccccc2CN1)N1CCOCC1CO. The monoisotopic (exact) mass is 276 g/mol. The number of amides is 1. The van der Waals surface area contributed by atoms with Crippen molar-refractivity contribution in [3.8, 4) is 0 Å². The number of hydrogen-bond acceptors (Lipinski definition) is 4. The maximum atomic E-state index is 12.6. The molecule has 0 bridgehead atoms. The number of nitrogens with zero attached hydrogens (tertiary/aromatic N) is 1. The van der Waals surface area contributed by atoms with Crippen molar-refractivity contribution in [3.05, 3.63) is 35.4 Å². The van der Waals surface area contributed by atoms with Crippen molar-refractivity contribution in [2.45, 2.75) is 25.0 Å². The largest absolute Gasteiger partial charge is 0.394 e. The molecule has 1 aromatic carbocycles. The highest BCUT2D eigenvalue weighted by atomic mass is 16.5. The summed E-state index contributed by atoms with van der Waals surface area (Å²) in [5.74, 6) is 0.0712. The fourth-order valence-corrected chi connectivity index (χ4v) is 2.93. The van der Waals surface area contributed by atoms with E-state index < -0.39 is 0 Å². The van der Waals surface area contributed by atoms with Crippen molar-refractivity contribution in [3.63, 3.8) is 0 Å². The third-order valence-electron chi connectivity index (χ3n) is 4.10. The van der Waals surface area contributed by atoms with Gasteiger partial charge in [0, 0.05) is 13.1 Å². The Morgan fingerprint density at radius 3 is 3.00 bits per heavy atom. The van der Waals surface area contributed by atoms with Gasteiger partial charge in [-0.3, -0.25) is 4.79 Å². The van der Waals surface area contributed by atoms with Crippen LogP contribution in [0.2, 0.25) is 0 Å². The third-order valence-corrected chi connectivity index (χ3v) is 4.10. The van der Waals surface area contributed by atoms with E-state index in [1.165, 1.54) is 11.1 Å². The number of fused-ring (bicyclic) bond motifs is 1. The number of nitrogens with one attached hydrogen (secondary N) is 1. The van der Waals surface area contributed by atoms with Crippen molar-refractivity contribution in [1.82, 2.24) is 10.2 Å². The molecule has 20 heavy (non-hydrogen) atoms. The number of aliphatic hydroxyl groups excluding tert-OH is 1. The minimum Gasteiger partial charge on any atom is -0.394 e. The molecule has 5 nitrogen and oxygen atoms in total. The molecular formula is C15H20N2O3. The van der Waals surface area contributed by atoms with Crippen LogP contribution in [0.15, 0.2) is 24.3 Å². The molecule has 2 aliphatic heterocycles. The van der Waals surface area contributed by atoms with Gasteiger partial charge in [-0.25, -0.2) is 0 Å². The van der Waals surface area contributed by atoms with Gasteiger partial charge in [-0.05, 0) is 17.5 Å². The number of ether oxygens (including phenoxy) is 1. The van der Waals surface area contributed by atoms with Gasteiger partial charge in [0.25, 0.3) is 0 Å². The van der Waals surface area contributed by atoms with E-state index in [9.17, 15) is 9.90 Å². The molecule has 1 fully saturated rings. The lowest BCUT2D eigenvalue weighted by molar-refractivity contribution is -0.144. The topological polar surface area (TPSA) is 61.8 Å². The Bertz CT molecular complexity index is 492. The Labute approximate surface area is 118 Å². The van der Waals surface area contributed by atoms with Gasteiger partial charge in [-0.15, -0.1) is 0 Å². The average Bonchev–Trinajstić information content (AvgIpc) is 2.53. The van der Waals surface area contributed by atoms with E-state index in [4.69, 9.17) is 4.74 Å². The standard InChI is InChI=1S/C15H20N2O3/c18-9-13-10-20-6-5-17(13)15(19)14-7-11-3-1-2-4-12(11)8-16-14/h1-4,13-14,16,18H,5-10H2/t13?,14-/m0/s1. The molecule has 1 saturated heterocycles. The van der Waals surface area contributed by atoms with E-state index in [1.807, 2.05) is 12.1 Å². The Morgan fingerprint density at radius 2 is 2.20 bits per heavy atom. The van der Waals surface area contributed by atoms with Crippen LogP contribution < -0.4 is 5.32 Å². The van der Waals surface area contributed by atoms with Crippen LogP contribution in [0.1, 0.15) is 11.1 Å². The molecular weight excluding hydrogens is 256 g/mol. The van der Waals surface area contributed by atoms with Crippen molar-refractivity contribution in [2.24, 2.45) is 0 Å². The summed E-state index contributed by atoms with van der Waals surface area (Å²) in [5, 5.41) is 12.7. The Balaban J connectivity index is 1.72. The molecule has 5 heteroatoms. The van der Waals surface area contributed by atoms with Crippen molar-refractivity contribution in [2.75, 3.05) is 26.4 Å². The number of rotatable bonds is 2. The van der Waals surface area contributed by atoms with Gasteiger partial charge < -0.3 is 20.1 Å². The highest BCUT2D eigenvalue weighted by molar-refractivity contribution is 5.83. The van der Waals surface area contributed by atoms with Gasteiger partial charge in [0.15, 0.2) is 0 Å². The Kier molecular flexibility index (Phi) is 4.00. The van der Waals surface area contributed by atoms with Crippen molar-refractivity contribution >= 4 is 5.91 Å². The summed E-state index contributed by atoms with van der Waals surface area (Å²) >= 11 is 0. The fourth-order valence-electron chi connectivity index (χ4n) is 2.93. The second-order valence-electron chi connectivity index (χ2n) is 5.35. The summed E-state index contributed by atoms with van der Waals surface area (Å²) in [4.78, 5) is 14.4. The third kappa shape index (κ3) is 2.57. The predicted octanol–water partition coefficient (Wildman–Crippen LogP) is -0.0794. The molecule has 0 spiro atoms. The Morgan fingerprint density at radius 1 is 1.40 bits per heavy atom.